The van der Waals surface area contributed by atoms with Gasteiger partial charge in [0, 0.05) is 43.7 Å². The van der Waals surface area contributed by atoms with Crippen LogP contribution >= 0.6 is 0 Å². The van der Waals surface area contributed by atoms with Gasteiger partial charge in [0.1, 0.15) is 17.4 Å². The molecule has 1 unspecified atom stereocenters. The van der Waals surface area contributed by atoms with Crippen LogP contribution in [0.5, 0.6) is 5.75 Å². The van der Waals surface area contributed by atoms with E-state index in [2.05, 4.69) is 10.2 Å². The summed E-state index contributed by atoms with van der Waals surface area (Å²) in [5.41, 5.74) is 1.54. The maximum atomic E-state index is 13.0. The normalized spacial score (nSPS) is 21.2. The molecule has 0 radical (unpaired) electrons. The fourth-order valence-corrected chi connectivity index (χ4v) is 4.53. The Hall–Kier alpha value is -3.30. The first-order chi connectivity index (χ1) is 15.6. The Morgan fingerprint density at radius 2 is 1.79 bits per heavy atom. The van der Waals surface area contributed by atoms with Gasteiger partial charge in [-0.1, -0.05) is 0 Å². The Balaban J connectivity index is 1.50. The van der Waals surface area contributed by atoms with Crippen molar-refractivity contribution in [1.82, 2.24) is 15.1 Å². The summed E-state index contributed by atoms with van der Waals surface area (Å²) < 4.78 is 11.2. The molecule has 2 saturated heterocycles. The monoisotopic (exact) mass is 458 g/mol. The summed E-state index contributed by atoms with van der Waals surface area (Å²) >= 11 is 0. The predicted molar refractivity (Wildman–Crippen MR) is 119 cm³/mol. The van der Waals surface area contributed by atoms with E-state index in [-0.39, 0.29) is 30.9 Å². The number of carbonyl (C=O) groups excluding carboxylic acids is 4. The largest absolute Gasteiger partial charge is 0.494 e. The molecule has 1 aromatic carbocycles. The molecule has 0 aliphatic carbocycles. The van der Waals surface area contributed by atoms with Crippen molar-refractivity contribution < 1.29 is 28.7 Å². The second-order valence-corrected chi connectivity index (χ2v) is 9.50. The highest BCUT2D eigenvalue weighted by Gasteiger charge is 2.41. The minimum absolute atomic E-state index is 0.209. The minimum atomic E-state index is -0.673. The van der Waals surface area contributed by atoms with Crippen LogP contribution in [-0.4, -0.2) is 78.5 Å². The third kappa shape index (κ3) is 4.46. The molecule has 0 saturated carbocycles. The number of hydrogen-bond acceptors (Lipinski definition) is 7. The van der Waals surface area contributed by atoms with Gasteiger partial charge in [-0.2, -0.15) is 0 Å². The number of piperidine rings is 1. The topological polar surface area (TPSA) is 108 Å². The van der Waals surface area contributed by atoms with Crippen LogP contribution in [0.3, 0.4) is 0 Å². The van der Waals surface area contributed by atoms with Crippen molar-refractivity contribution >= 4 is 29.5 Å². The van der Waals surface area contributed by atoms with Gasteiger partial charge in [-0.15, -0.1) is 0 Å². The maximum Gasteiger partial charge on any atom is 0.410 e. The minimum Gasteiger partial charge on any atom is -0.494 e. The number of methoxy groups -OCH3 is 1. The summed E-state index contributed by atoms with van der Waals surface area (Å²) in [6.45, 7) is 7.99. The van der Waals surface area contributed by atoms with Crippen molar-refractivity contribution in [2.45, 2.75) is 51.8 Å². The van der Waals surface area contributed by atoms with Crippen molar-refractivity contribution in [2.24, 2.45) is 0 Å². The van der Waals surface area contributed by atoms with Crippen molar-refractivity contribution in [1.29, 1.82) is 0 Å². The van der Waals surface area contributed by atoms with Crippen LogP contribution in [0, 0.1) is 0 Å². The van der Waals surface area contributed by atoms with Crippen LogP contribution in [-0.2, 0) is 20.9 Å². The van der Waals surface area contributed by atoms with Gasteiger partial charge in [-0.05, 0) is 39.3 Å². The number of rotatable bonds is 3. The lowest BCUT2D eigenvalue weighted by Gasteiger charge is -2.37. The molecule has 0 spiro atoms. The van der Waals surface area contributed by atoms with E-state index in [9.17, 15) is 19.2 Å². The lowest BCUT2D eigenvalue weighted by Crippen LogP contribution is -2.52. The zero-order valence-electron chi connectivity index (χ0n) is 19.5. The Kier molecular flexibility index (Phi) is 5.94. The van der Waals surface area contributed by atoms with E-state index in [1.54, 1.807) is 18.1 Å². The van der Waals surface area contributed by atoms with E-state index in [0.717, 1.165) is 11.3 Å². The number of amides is 4. The summed E-state index contributed by atoms with van der Waals surface area (Å²) in [7, 11) is 1.56. The first-order valence-electron chi connectivity index (χ1n) is 11.2. The second-order valence-electron chi connectivity index (χ2n) is 9.50. The fourth-order valence-electron chi connectivity index (χ4n) is 4.53. The molecule has 2 fully saturated rings. The van der Waals surface area contributed by atoms with Gasteiger partial charge in [0.05, 0.1) is 19.3 Å². The molecule has 0 aromatic heterocycles. The third-order valence-electron chi connectivity index (χ3n) is 6.12. The highest BCUT2D eigenvalue weighted by molar-refractivity contribution is 6.06. The van der Waals surface area contributed by atoms with Gasteiger partial charge in [-0.25, -0.2) is 4.79 Å². The van der Waals surface area contributed by atoms with E-state index in [1.807, 2.05) is 26.8 Å². The number of ether oxygens (including phenoxy) is 2. The average Bonchev–Trinajstić information content (AvgIpc) is 3.08. The summed E-state index contributed by atoms with van der Waals surface area (Å²) in [5, 5.41) is 2.32. The third-order valence-corrected chi connectivity index (χ3v) is 6.12. The van der Waals surface area contributed by atoms with Crippen LogP contribution < -0.4 is 15.0 Å². The predicted octanol–water partition coefficient (Wildman–Crippen LogP) is 1.51. The summed E-state index contributed by atoms with van der Waals surface area (Å²) in [6.07, 6.45) is 0.195. The van der Waals surface area contributed by atoms with Gasteiger partial charge in [0.25, 0.3) is 5.91 Å². The molecule has 3 aliphatic rings. The number of benzene rings is 1. The maximum absolute atomic E-state index is 13.0. The lowest BCUT2D eigenvalue weighted by atomic mass is 10.0. The molecule has 10 heteroatoms. The molecule has 0 bridgehead atoms. The molecule has 3 aliphatic heterocycles. The number of anilines is 1. The van der Waals surface area contributed by atoms with Gasteiger partial charge in [-0.3, -0.25) is 19.7 Å². The molecular formula is C23H30N4O6. The number of piperazine rings is 1. The van der Waals surface area contributed by atoms with E-state index >= 15 is 0 Å². The zero-order chi connectivity index (χ0) is 23.9. The van der Waals surface area contributed by atoms with Crippen molar-refractivity contribution in [2.75, 3.05) is 38.2 Å². The molecule has 1 aromatic rings. The molecule has 1 N–H and O–H groups in total. The molecule has 3 heterocycles. The molecule has 4 amide bonds. The van der Waals surface area contributed by atoms with Crippen molar-refractivity contribution in [3.05, 3.63) is 23.3 Å². The molecular weight excluding hydrogens is 428 g/mol. The van der Waals surface area contributed by atoms with E-state index < -0.39 is 17.6 Å². The fraction of sp³-hybridized carbons (Fsp3) is 0.565. The van der Waals surface area contributed by atoms with Gasteiger partial charge < -0.3 is 24.2 Å². The molecule has 4 rings (SSSR count). The summed E-state index contributed by atoms with van der Waals surface area (Å²) in [5.74, 6) is -0.392. The van der Waals surface area contributed by atoms with Gasteiger partial charge >= 0.3 is 6.09 Å². The number of nitrogens with one attached hydrogen (secondary N) is 1. The number of imide groups is 1. The molecule has 178 valence electrons. The molecule has 1 atom stereocenters. The zero-order valence-corrected chi connectivity index (χ0v) is 19.5. The SMILES string of the molecule is COc1c(N2CCN(C(=O)OC(C)(C)C)CC2)ccc2c1CN(C1CCC(=O)NC1=O)C2=O. The number of hydrogen-bond donors (Lipinski definition) is 1. The standard InChI is InChI=1S/C23H30N4O6/c1-23(2,3)33-22(31)26-11-9-25(10-12-26)16-6-5-14-15(19(16)32-4)13-27(21(14)30)17-7-8-18(28)24-20(17)29/h5-6,17H,7-13H2,1-4H3,(H,24,28,29). The number of nitrogens with zero attached hydrogens (tertiary/aromatic N) is 3. The van der Waals surface area contributed by atoms with E-state index in [1.165, 1.54) is 4.90 Å². The number of fused-ring (bicyclic) bond motifs is 1. The Labute approximate surface area is 192 Å². The van der Waals surface area contributed by atoms with E-state index in [4.69, 9.17) is 9.47 Å². The van der Waals surface area contributed by atoms with Gasteiger partial charge in [0.15, 0.2) is 0 Å². The van der Waals surface area contributed by atoms with Crippen LogP contribution in [0.25, 0.3) is 0 Å². The van der Waals surface area contributed by atoms with Crippen LogP contribution in [0.2, 0.25) is 0 Å². The Bertz CT molecular complexity index is 993. The van der Waals surface area contributed by atoms with E-state index in [0.29, 0.717) is 43.9 Å². The molecule has 10 nitrogen and oxygen atoms in total. The van der Waals surface area contributed by atoms with Crippen LogP contribution in [0.15, 0.2) is 12.1 Å². The smallest absolute Gasteiger partial charge is 0.410 e. The van der Waals surface area contributed by atoms with Crippen molar-refractivity contribution in [3.63, 3.8) is 0 Å². The first kappa shape index (κ1) is 22.9. The lowest BCUT2D eigenvalue weighted by molar-refractivity contribution is -0.136. The summed E-state index contributed by atoms with van der Waals surface area (Å²) in [6, 6.07) is 2.95. The van der Waals surface area contributed by atoms with Gasteiger partial charge in [0.2, 0.25) is 11.8 Å². The average molecular weight is 459 g/mol. The first-order valence-corrected chi connectivity index (χ1v) is 11.2. The van der Waals surface area contributed by atoms with Crippen LogP contribution in [0.1, 0.15) is 49.5 Å². The quantitative estimate of drug-likeness (QED) is 0.684. The second kappa shape index (κ2) is 8.57. The molecule has 33 heavy (non-hydrogen) atoms. The van der Waals surface area contributed by atoms with Crippen LogP contribution in [0.4, 0.5) is 10.5 Å². The highest BCUT2D eigenvalue weighted by Crippen LogP contribution is 2.40. The summed E-state index contributed by atoms with van der Waals surface area (Å²) in [4.78, 5) is 54.6. The number of carbonyl (C=O) groups is 4. The Morgan fingerprint density at radius 1 is 1.09 bits per heavy atom. The van der Waals surface area contributed by atoms with Crippen molar-refractivity contribution in [3.8, 4) is 5.75 Å². The Morgan fingerprint density at radius 3 is 2.39 bits per heavy atom. The highest BCUT2D eigenvalue weighted by atomic mass is 16.6.